The molecule has 1 aromatic heterocycles. The van der Waals surface area contributed by atoms with Gasteiger partial charge in [-0.3, -0.25) is 4.79 Å². The van der Waals surface area contributed by atoms with Gasteiger partial charge in [0.15, 0.2) is 0 Å². The average Bonchev–Trinajstić information content (AvgIpc) is 2.46. The topological polar surface area (TPSA) is 77.2 Å². The summed E-state index contributed by atoms with van der Waals surface area (Å²) in [4.78, 5) is 15.6. The van der Waals surface area contributed by atoms with Crippen molar-refractivity contribution in [1.82, 2.24) is 10.3 Å². The molecule has 1 heterocycles. The van der Waals surface area contributed by atoms with Crippen LogP contribution < -0.4 is 11.1 Å². The second-order valence-electron chi connectivity index (χ2n) is 5.84. The minimum atomic E-state index is -1.20. The standard InChI is InChI=1S/C16H23F2N3O2/c1-4-16(5-2)10(8-11(16)23-6-3)20-15(22)13-9(17)7-12(19)21-14(13)18/h7,10-11H,4-6,8H2,1-3H3,(H2,19,21)(H,20,22). The van der Waals surface area contributed by atoms with E-state index >= 15 is 0 Å². The lowest BCUT2D eigenvalue weighted by molar-refractivity contribution is -0.134. The van der Waals surface area contributed by atoms with Crippen molar-refractivity contribution >= 4 is 11.7 Å². The molecule has 2 rings (SSSR count). The maximum atomic E-state index is 13.8. The van der Waals surface area contributed by atoms with E-state index in [0.29, 0.717) is 13.0 Å². The molecule has 0 aliphatic heterocycles. The van der Waals surface area contributed by atoms with Gasteiger partial charge in [0, 0.05) is 24.1 Å². The monoisotopic (exact) mass is 327 g/mol. The zero-order valence-corrected chi connectivity index (χ0v) is 13.7. The Morgan fingerprint density at radius 2 is 2.09 bits per heavy atom. The molecular formula is C16H23F2N3O2. The number of carbonyl (C=O) groups excluding carboxylic acids is 1. The molecule has 2 atom stereocenters. The number of halogens is 2. The highest BCUT2D eigenvalue weighted by Crippen LogP contribution is 2.49. The zero-order valence-electron chi connectivity index (χ0n) is 13.7. The molecule has 1 aliphatic rings. The van der Waals surface area contributed by atoms with Crippen LogP contribution in [0.4, 0.5) is 14.6 Å². The van der Waals surface area contributed by atoms with E-state index < -0.39 is 23.2 Å². The summed E-state index contributed by atoms with van der Waals surface area (Å²) in [7, 11) is 0. The van der Waals surface area contributed by atoms with E-state index in [1.165, 1.54) is 0 Å². The van der Waals surface area contributed by atoms with E-state index in [0.717, 1.165) is 18.9 Å². The summed E-state index contributed by atoms with van der Waals surface area (Å²) < 4.78 is 33.3. The number of hydrogen-bond donors (Lipinski definition) is 2. The lowest BCUT2D eigenvalue weighted by Gasteiger charge is -2.55. The smallest absolute Gasteiger partial charge is 0.259 e. The van der Waals surface area contributed by atoms with Crippen molar-refractivity contribution in [2.75, 3.05) is 12.3 Å². The number of ether oxygens (including phenoxy) is 1. The molecule has 1 amide bonds. The Bertz CT molecular complexity index is 568. The summed E-state index contributed by atoms with van der Waals surface area (Å²) >= 11 is 0. The lowest BCUT2D eigenvalue weighted by Crippen LogP contribution is -2.64. The number of aromatic nitrogens is 1. The molecule has 0 radical (unpaired) electrons. The normalized spacial score (nSPS) is 22.5. The minimum Gasteiger partial charge on any atom is -0.384 e. The first kappa shape index (κ1) is 17.6. The first-order chi connectivity index (χ1) is 10.9. The minimum absolute atomic E-state index is 0.0482. The van der Waals surface area contributed by atoms with Crippen molar-refractivity contribution in [3.05, 3.63) is 23.4 Å². The third kappa shape index (κ3) is 3.02. The molecule has 1 saturated carbocycles. The van der Waals surface area contributed by atoms with Crippen LogP contribution in [0.2, 0.25) is 0 Å². The molecule has 0 spiro atoms. The molecule has 0 bridgehead atoms. The third-order valence-corrected chi connectivity index (χ3v) is 4.95. The van der Waals surface area contributed by atoms with Gasteiger partial charge in [0.2, 0.25) is 5.95 Å². The molecule has 2 unspecified atom stereocenters. The van der Waals surface area contributed by atoms with Gasteiger partial charge in [-0.1, -0.05) is 13.8 Å². The summed E-state index contributed by atoms with van der Waals surface area (Å²) in [5, 5.41) is 2.74. The number of nitrogens with zero attached hydrogens (tertiary/aromatic N) is 1. The van der Waals surface area contributed by atoms with Crippen LogP contribution in [-0.2, 0) is 4.74 Å². The number of nitrogens with one attached hydrogen (secondary N) is 1. The van der Waals surface area contributed by atoms with Crippen molar-refractivity contribution in [2.24, 2.45) is 5.41 Å². The quantitative estimate of drug-likeness (QED) is 0.788. The molecule has 1 aliphatic carbocycles. The Morgan fingerprint density at radius 3 is 2.61 bits per heavy atom. The number of amides is 1. The summed E-state index contributed by atoms with van der Waals surface area (Å²) in [6.07, 6.45) is 2.30. The number of pyridine rings is 1. The SMILES string of the molecule is CCOC1CC(NC(=O)c2c(F)cc(N)nc2F)C1(CC)CC. The molecule has 1 fully saturated rings. The van der Waals surface area contributed by atoms with E-state index in [9.17, 15) is 13.6 Å². The maximum Gasteiger partial charge on any atom is 0.259 e. The number of carbonyl (C=O) groups is 1. The first-order valence-corrected chi connectivity index (χ1v) is 7.93. The van der Waals surface area contributed by atoms with Crippen LogP contribution >= 0.6 is 0 Å². The van der Waals surface area contributed by atoms with Gasteiger partial charge in [-0.15, -0.1) is 0 Å². The highest BCUT2D eigenvalue weighted by atomic mass is 19.1. The van der Waals surface area contributed by atoms with Crippen molar-refractivity contribution in [2.45, 2.75) is 52.2 Å². The second kappa shape index (κ2) is 6.78. The second-order valence-corrected chi connectivity index (χ2v) is 5.84. The van der Waals surface area contributed by atoms with Crippen LogP contribution in [0.1, 0.15) is 50.4 Å². The predicted molar refractivity (Wildman–Crippen MR) is 82.9 cm³/mol. The van der Waals surface area contributed by atoms with Gasteiger partial charge in [0.1, 0.15) is 17.2 Å². The summed E-state index contributed by atoms with van der Waals surface area (Å²) in [5.74, 6) is -3.31. The summed E-state index contributed by atoms with van der Waals surface area (Å²) in [5.41, 5.74) is 4.36. The molecule has 128 valence electrons. The van der Waals surface area contributed by atoms with E-state index in [-0.39, 0.29) is 23.4 Å². The molecule has 0 saturated heterocycles. The Labute approximate surface area is 134 Å². The van der Waals surface area contributed by atoms with Crippen molar-refractivity contribution in [3.63, 3.8) is 0 Å². The van der Waals surface area contributed by atoms with Crippen molar-refractivity contribution in [3.8, 4) is 0 Å². The van der Waals surface area contributed by atoms with Crippen LogP contribution in [0, 0.1) is 17.2 Å². The Balaban J connectivity index is 2.18. The van der Waals surface area contributed by atoms with Gasteiger partial charge in [-0.25, -0.2) is 9.37 Å². The van der Waals surface area contributed by atoms with Crippen LogP contribution in [0.25, 0.3) is 0 Å². The first-order valence-electron chi connectivity index (χ1n) is 7.93. The van der Waals surface area contributed by atoms with Crippen LogP contribution in [0.3, 0.4) is 0 Å². The summed E-state index contributed by atoms with van der Waals surface area (Å²) in [6.45, 7) is 6.57. The van der Waals surface area contributed by atoms with Gasteiger partial charge < -0.3 is 15.8 Å². The van der Waals surface area contributed by atoms with Crippen molar-refractivity contribution in [1.29, 1.82) is 0 Å². The fraction of sp³-hybridized carbons (Fsp3) is 0.625. The van der Waals surface area contributed by atoms with Gasteiger partial charge >= 0.3 is 0 Å². The fourth-order valence-electron chi connectivity index (χ4n) is 3.52. The molecule has 0 aromatic carbocycles. The van der Waals surface area contributed by atoms with Gasteiger partial charge in [-0.2, -0.15) is 4.39 Å². The highest BCUT2D eigenvalue weighted by molar-refractivity contribution is 5.95. The highest BCUT2D eigenvalue weighted by Gasteiger charge is 2.54. The van der Waals surface area contributed by atoms with E-state index in [4.69, 9.17) is 10.5 Å². The van der Waals surface area contributed by atoms with Crippen LogP contribution in [0.5, 0.6) is 0 Å². The lowest BCUT2D eigenvalue weighted by atomic mass is 9.58. The Kier molecular flexibility index (Phi) is 5.19. The molecule has 3 N–H and O–H groups in total. The largest absolute Gasteiger partial charge is 0.384 e. The van der Waals surface area contributed by atoms with Gasteiger partial charge in [0.05, 0.1) is 6.10 Å². The zero-order chi connectivity index (χ0) is 17.2. The molecule has 7 heteroatoms. The van der Waals surface area contributed by atoms with Gasteiger partial charge in [-0.05, 0) is 26.2 Å². The number of nitrogen functional groups attached to an aromatic ring is 1. The number of rotatable bonds is 6. The summed E-state index contributed by atoms with van der Waals surface area (Å²) in [6, 6.07) is 0.659. The van der Waals surface area contributed by atoms with E-state index in [1.807, 2.05) is 20.8 Å². The van der Waals surface area contributed by atoms with E-state index in [2.05, 4.69) is 10.3 Å². The van der Waals surface area contributed by atoms with Gasteiger partial charge in [0.25, 0.3) is 5.91 Å². The third-order valence-electron chi connectivity index (χ3n) is 4.95. The number of hydrogen-bond acceptors (Lipinski definition) is 4. The fourth-order valence-corrected chi connectivity index (χ4v) is 3.52. The molecule has 5 nitrogen and oxygen atoms in total. The van der Waals surface area contributed by atoms with Crippen molar-refractivity contribution < 1.29 is 18.3 Å². The maximum absolute atomic E-state index is 13.8. The Morgan fingerprint density at radius 1 is 1.43 bits per heavy atom. The molecule has 23 heavy (non-hydrogen) atoms. The molecular weight excluding hydrogens is 304 g/mol. The number of anilines is 1. The average molecular weight is 327 g/mol. The van der Waals surface area contributed by atoms with E-state index in [1.54, 1.807) is 0 Å². The Hall–Kier alpha value is -1.76. The predicted octanol–water partition coefficient (Wildman–Crippen LogP) is 2.66. The molecule has 1 aromatic rings. The van der Waals surface area contributed by atoms with Crippen LogP contribution in [-0.4, -0.2) is 29.6 Å². The van der Waals surface area contributed by atoms with Crippen LogP contribution in [0.15, 0.2) is 6.07 Å². The number of nitrogens with two attached hydrogens (primary N) is 1.